The van der Waals surface area contributed by atoms with Crippen molar-refractivity contribution in [1.82, 2.24) is 51.6 Å². The van der Waals surface area contributed by atoms with Crippen LogP contribution in [0.5, 0.6) is 0 Å². The molecule has 11 amide bonds. The number of aliphatic hydroxyl groups is 1. The van der Waals surface area contributed by atoms with Gasteiger partial charge in [-0.25, -0.2) is 9.59 Å². The van der Waals surface area contributed by atoms with Gasteiger partial charge >= 0.3 is 12.1 Å². The molecular weight excluding hydrogens is 1630 g/mol. The van der Waals surface area contributed by atoms with Gasteiger partial charge in [0, 0.05) is 81.1 Å². The van der Waals surface area contributed by atoms with Gasteiger partial charge in [0.1, 0.15) is 30.8 Å². The van der Waals surface area contributed by atoms with Crippen LogP contribution in [0.2, 0.25) is 0 Å². The fourth-order valence-electron chi connectivity index (χ4n) is 18.5. The number of carbonyl (C=O) groups excluding carboxylic acids is 10. The first-order valence-corrected chi connectivity index (χ1v) is 49.0. The number of rotatable bonds is 47. The number of unbranched alkanes of at least 4 members (excludes halogenated alkanes) is 2. The van der Waals surface area contributed by atoms with Crippen molar-refractivity contribution < 1.29 is 67.3 Å². The summed E-state index contributed by atoms with van der Waals surface area (Å²) in [7, 11) is 6.15. The van der Waals surface area contributed by atoms with Crippen molar-refractivity contribution in [2.45, 2.75) is 359 Å². The van der Waals surface area contributed by atoms with E-state index in [1.54, 1.807) is 82.7 Å². The number of fused-ring (bicyclic) bond motifs is 2. The number of anilines is 1. The fourth-order valence-corrected chi connectivity index (χ4v) is 21.5. The molecular formula is C98H158N12O14S2. The van der Waals surface area contributed by atoms with Crippen LogP contribution in [0.1, 0.15) is 304 Å². The quantitative estimate of drug-likeness (QED) is 0.0187. The lowest BCUT2D eigenvalue weighted by molar-refractivity contribution is -0.148. The molecule has 15 atom stereocenters. The lowest BCUT2D eigenvalue weighted by atomic mass is 9.77. The molecule has 2 fully saturated rings. The predicted molar refractivity (Wildman–Crippen MR) is 505 cm³/mol. The molecule has 3 aliphatic rings. The number of thioether (sulfide) groups is 2. The van der Waals surface area contributed by atoms with Crippen LogP contribution in [0.25, 0.3) is 0 Å². The normalized spacial score (nSPS) is 20.2. The Bertz CT molecular complexity index is 3960. The number of nitrogens with zero attached hydrogens (tertiary/aromatic N) is 4. The number of carbonyl (C=O) groups is 10. The molecule has 1 saturated heterocycles. The summed E-state index contributed by atoms with van der Waals surface area (Å²) in [5.74, 6) is -2.63. The highest BCUT2D eigenvalue weighted by molar-refractivity contribution is 8.00. The van der Waals surface area contributed by atoms with E-state index in [2.05, 4.69) is 101 Å². The number of hydrogen-bond acceptors (Lipinski definition) is 17. The van der Waals surface area contributed by atoms with E-state index in [1.165, 1.54) is 90.4 Å². The number of hydrogen-bond donors (Lipinski definition) is 9. The molecule has 28 heteroatoms. The number of urea groups is 1. The van der Waals surface area contributed by atoms with Crippen LogP contribution < -0.4 is 43.0 Å². The fraction of sp³-hybridized carbons (Fsp3) is 0.704. The number of pyridine rings is 1. The van der Waals surface area contributed by atoms with Crippen molar-refractivity contribution in [3.63, 3.8) is 0 Å². The van der Waals surface area contributed by atoms with E-state index in [1.807, 2.05) is 70.7 Å². The number of nitrogens with one attached hydrogen (secondary N) is 7. The molecule has 10 N–H and O–H groups in total. The monoisotopic (exact) mass is 1790 g/mol. The van der Waals surface area contributed by atoms with E-state index in [9.17, 15) is 53.1 Å². The maximum atomic E-state index is 15.0. The van der Waals surface area contributed by atoms with Gasteiger partial charge in [-0.15, -0.1) is 23.5 Å². The summed E-state index contributed by atoms with van der Waals surface area (Å²) in [5.41, 5.74) is 11.1. The summed E-state index contributed by atoms with van der Waals surface area (Å²) in [5, 5.41) is 31.7. The number of likely N-dealkylation sites (tertiary alicyclic amines) is 1. The standard InChI is InChI=1S/C98H158N12O14S2/c1-20-23-30-38-67(11)72-39-35-40-73(57-72)88(114)69(13)102-90(115)68(12)89(123-19)79-44-37-53-110(79)83(113)58-80(122-18)87(66(10)22-3)108(16)94(119)85(64(6)7)107-93(118)86(65(8)9)109(17)96(121)124-59-70-46-48-75(49-47-70)104-91(116)78(43-36-52-101-95(99)120)105-92(117)84(63(4)5)106-81(111)45-33-29-34-51-100-82(112)56-71-54-76-60-125-97(14,50-21-2)62-98(15,126-61-77(55-71)103-76)74-41-31-27-25-24-26-28-32-42-74/h20,23,35,39-40,46-49,54-55,57,63-69,74,78-80,84-89,114H,21-22,24-34,36-38,41-45,50-53,56,58-62H2,1-19H3,(H,100,112)(H,102,115)(H,104,116)(H,105,117)(H,106,111)(H,107,118)(H3,99,101,120)/b23-20-/t66-,67?,68+,69+,78-,79-,80+,84-,85-,86?,87-,88+,89+,97?,98?/m0/s1. The number of benzene rings is 2. The molecule has 2 bridgehead atoms. The molecule has 3 aromatic rings. The summed E-state index contributed by atoms with van der Waals surface area (Å²) < 4.78 is 18.3. The Morgan fingerprint density at radius 2 is 1.31 bits per heavy atom. The highest BCUT2D eigenvalue weighted by Crippen LogP contribution is 2.51. The highest BCUT2D eigenvalue weighted by Gasteiger charge is 2.46. The number of aliphatic hydroxyl groups excluding tert-OH is 1. The van der Waals surface area contributed by atoms with Crippen molar-refractivity contribution in [1.29, 1.82) is 0 Å². The Balaban J connectivity index is 0.989. The minimum Gasteiger partial charge on any atom is -0.445 e. The van der Waals surface area contributed by atoms with Crippen LogP contribution >= 0.6 is 23.5 Å². The summed E-state index contributed by atoms with van der Waals surface area (Å²) in [6.07, 6.45) is 22.6. The van der Waals surface area contributed by atoms with Gasteiger partial charge in [0.2, 0.25) is 47.3 Å². The Kier molecular flexibility index (Phi) is 45.8. The third kappa shape index (κ3) is 33.6. The van der Waals surface area contributed by atoms with E-state index in [0.717, 1.165) is 59.7 Å². The van der Waals surface area contributed by atoms with E-state index in [0.29, 0.717) is 74.3 Å². The van der Waals surface area contributed by atoms with Crippen molar-refractivity contribution in [2.75, 3.05) is 53.3 Å². The average Bonchev–Trinajstić information content (AvgIpc) is 0.950. The summed E-state index contributed by atoms with van der Waals surface area (Å²) in [6, 6.07) is 11.9. The van der Waals surface area contributed by atoms with Gasteiger partial charge in [-0.3, -0.25) is 48.2 Å². The lowest BCUT2D eigenvalue weighted by Crippen LogP contribution is -2.60. The van der Waals surface area contributed by atoms with Crippen LogP contribution in [-0.4, -0.2) is 196 Å². The maximum absolute atomic E-state index is 15.0. The first kappa shape index (κ1) is 107. The summed E-state index contributed by atoms with van der Waals surface area (Å²) in [6.45, 7) is 30.6. The van der Waals surface area contributed by atoms with E-state index >= 15 is 0 Å². The van der Waals surface area contributed by atoms with Crippen LogP contribution in [-0.2, 0) is 77.1 Å². The second-order valence-corrected chi connectivity index (χ2v) is 40.5. The Labute approximate surface area is 762 Å². The molecule has 1 saturated carbocycles. The SMILES string of the molecule is C/C=C\CCC(C)c1cccc([C@H](O)[C@@H](C)NC(=O)[C@H](C)[C@@H](OC)[C@@H]2CCCN2C(=O)C[C@@H](OC)[C@H]([C@@H](C)CC)N(C)C(=O)[C@@H](NC(=O)C(C(C)C)N(C)C(=O)OCc2ccc(NC(=O)[C@H](CCCNC(N)=O)NC(=O)[C@@H](NC(=O)CCCCCNC(=O)Cc3cc4nc(c3)CSC(C)(C3CCCCCCCCC3)CC(C)(CCC)SC4)C(C)C)cc2)C(C)C)c1. The van der Waals surface area contributed by atoms with Gasteiger partial charge in [0.25, 0.3) is 0 Å². The molecule has 4 unspecified atom stereocenters. The minimum atomic E-state index is -1.11. The average molecular weight is 1790 g/mol. The van der Waals surface area contributed by atoms with Crippen molar-refractivity contribution >= 4 is 88.6 Å². The van der Waals surface area contributed by atoms with Gasteiger partial charge < -0.3 is 72.1 Å². The van der Waals surface area contributed by atoms with Crippen molar-refractivity contribution in [2.24, 2.45) is 41.2 Å². The summed E-state index contributed by atoms with van der Waals surface area (Å²) in [4.78, 5) is 149. The Morgan fingerprint density at radius 1 is 0.667 bits per heavy atom. The van der Waals surface area contributed by atoms with E-state index in [-0.39, 0.29) is 96.1 Å². The molecule has 26 nitrogen and oxygen atoms in total. The smallest absolute Gasteiger partial charge is 0.410 e. The summed E-state index contributed by atoms with van der Waals surface area (Å²) >= 11 is 4.13. The zero-order valence-electron chi connectivity index (χ0n) is 79.6. The molecule has 0 spiro atoms. The number of allylic oxidation sites excluding steroid dienone is 2. The number of ether oxygens (including phenoxy) is 3. The maximum Gasteiger partial charge on any atom is 0.410 e. The number of likely N-dealkylation sites (N-methyl/N-ethyl adjacent to an activating group) is 2. The van der Waals surface area contributed by atoms with E-state index < -0.39 is 114 Å². The first-order chi connectivity index (χ1) is 59.9. The molecule has 2 aromatic carbocycles. The van der Waals surface area contributed by atoms with Crippen LogP contribution in [0.3, 0.4) is 0 Å². The number of nitrogens with two attached hydrogens (primary N) is 1. The molecule has 706 valence electrons. The minimum absolute atomic E-state index is 0.0571. The Hall–Kier alpha value is -7.79. The van der Waals surface area contributed by atoms with Crippen molar-refractivity contribution in [3.05, 3.63) is 106 Å². The number of methoxy groups -OCH3 is 2. The second-order valence-electron chi connectivity index (χ2n) is 37.4. The molecule has 126 heavy (non-hydrogen) atoms. The van der Waals surface area contributed by atoms with Crippen LogP contribution in [0.4, 0.5) is 15.3 Å². The van der Waals surface area contributed by atoms with E-state index in [4.69, 9.17) is 24.9 Å². The second kappa shape index (κ2) is 54.0. The zero-order valence-corrected chi connectivity index (χ0v) is 81.2. The van der Waals surface area contributed by atoms with Crippen molar-refractivity contribution in [3.8, 4) is 0 Å². The molecule has 1 aromatic heterocycles. The lowest BCUT2D eigenvalue weighted by Gasteiger charge is -2.45. The van der Waals surface area contributed by atoms with Gasteiger partial charge in [-0.1, -0.05) is 203 Å². The van der Waals surface area contributed by atoms with Crippen LogP contribution in [0.15, 0.2) is 72.8 Å². The number of amides is 11. The largest absolute Gasteiger partial charge is 0.445 e. The van der Waals surface area contributed by atoms with Gasteiger partial charge in [-0.2, -0.15) is 0 Å². The number of primary amides is 1. The third-order valence-electron chi connectivity index (χ3n) is 26.1. The highest BCUT2D eigenvalue weighted by atomic mass is 32.2. The first-order valence-electron chi connectivity index (χ1n) is 47.0. The molecule has 2 aliphatic heterocycles. The third-order valence-corrected chi connectivity index (χ3v) is 29.1. The topological polar surface area (TPSA) is 351 Å². The van der Waals surface area contributed by atoms with Gasteiger partial charge in [-0.05, 0) is 173 Å². The predicted octanol–water partition coefficient (Wildman–Crippen LogP) is 15.7. The zero-order chi connectivity index (χ0) is 93.0. The Morgan fingerprint density at radius 3 is 1.92 bits per heavy atom. The van der Waals surface area contributed by atoms with Gasteiger partial charge in [0.05, 0.1) is 66.6 Å². The van der Waals surface area contributed by atoms with Gasteiger partial charge in [0.15, 0.2) is 0 Å². The number of aromatic nitrogens is 1. The molecule has 6 rings (SSSR count). The van der Waals surface area contributed by atoms with Crippen LogP contribution in [0, 0.1) is 35.5 Å². The molecule has 1 aliphatic carbocycles. The molecule has 0 radical (unpaired) electrons. The molecule has 3 heterocycles.